The van der Waals surface area contributed by atoms with Gasteiger partial charge in [-0.1, -0.05) is 37.0 Å². The van der Waals surface area contributed by atoms with Gasteiger partial charge in [-0.3, -0.25) is 0 Å². The molecule has 1 atom stereocenters. The van der Waals surface area contributed by atoms with Crippen LogP contribution in [0.1, 0.15) is 46.6 Å². The van der Waals surface area contributed by atoms with Crippen LogP contribution < -0.4 is 15.7 Å². The number of esters is 1. The second kappa shape index (κ2) is 9.27. The highest BCUT2D eigenvalue weighted by molar-refractivity contribution is 6.34. The molecule has 1 aromatic carbocycles. The number of halogens is 2. The Kier molecular flexibility index (Phi) is 7.42. The summed E-state index contributed by atoms with van der Waals surface area (Å²) in [5.74, 6) is -0.630. The largest absolute Gasteiger partial charge is 0.444 e. The lowest BCUT2D eigenvalue weighted by atomic mass is 10.0. The summed E-state index contributed by atoms with van der Waals surface area (Å²) < 4.78 is 15.8. The van der Waals surface area contributed by atoms with Gasteiger partial charge in [-0.15, -0.1) is 0 Å². The summed E-state index contributed by atoms with van der Waals surface area (Å²) in [5.41, 5.74) is -0.735. The third-order valence-electron chi connectivity index (χ3n) is 4.04. The number of rotatable bonds is 5. The van der Waals surface area contributed by atoms with Crippen LogP contribution in [0.4, 0.5) is 4.79 Å². The van der Waals surface area contributed by atoms with Crippen molar-refractivity contribution in [2.24, 2.45) is 5.92 Å². The zero-order valence-corrected chi connectivity index (χ0v) is 19.2. The highest BCUT2D eigenvalue weighted by Crippen LogP contribution is 2.33. The number of carbonyl (C=O) groups excluding carboxylic acids is 2. The fourth-order valence-electron chi connectivity index (χ4n) is 2.72. The maximum atomic E-state index is 12.8. The van der Waals surface area contributed by atoms with Gasteiger partial charge in [0.25, 0.3) is 0 Å². The average Bonchev–Trinajstić information content (AvgIpc) is 2.59. The van der Waals surface area contributed by atoms with E-state index in [0.717, 1.165) is 0 Å². The maximum Gasteiger partial charge on any atom is 0.408 e. The van der Waals surface area contributed by atoms with Gasteiger partial charge in [-0.25, -0.2) is 14.4 Å². The molecule has 1 heterocycles. The Hall–Kier alpha value is -2.25. The number of hydrogen-bond acceptors (Lipinski definition) is 6. The minimum Gasteiger partial charge on any atom is -0.444 e. The molecule has 0 saturated heterocycles. The average molecular weight is 458 g/mol. The van der Waals surface area contributed by atoms with Crippen molar-refractivity contribution >= 4 is 46.2 Å². The number of carbonyl (C=O) groups is 2. The number of fused-ring (bicyclic) bond motifs is 1. The van der Waals surface area contributed by atoms with Crippen molar-refractivity contribution in [3.05, 3.63) is 38.2 Å². The molecule has 0 aliphatic rings. The van der Waals surface area contributed by atoms with Crippen LogP contribution in [0.3, 0.4) is 0 Å². The molecule has 0 fully saturated rings. The van der Waals surface area contributed by atoms with Crippen LogP contribution >= 0.6 is 23.2 Å². The normalized spacial score (nSPS) is 12.7. The van der Waals surface area contributed by atoms with Crippen molar-refractivity contribution in [1.82, 2.24) is 5.32 Å². The smallest absolute Gasteiger partial charge is 0.408 e. The van der Waals surface area contributed by atoms with E-state index >= 15 is 0 Å². The Morgan fingerprint density at radius 1 is 1.20 bits per heavy atom. The molecule has 0 saturated carbocycles. The van der Waals surface area contributed by atoms with Gasteiger partial charge in [0.15, 0.2) is 5.75 Å². The van der Waals surface area contributed by atoms with E-state index in [1.54, 1.807) is 27.7 Å². The number of benzene rings is 1. The third kappa shape index (κ3) is 6.12. The highest BCUT2D eigenvalue weighted by atomic mass is 35.5. The van der Waals surface area contributed by atoms with Crippen molar-refractivity contribution in [1.29, 1.82) is 0 Å². The Bertz CT molecular complexity index is 1020. The van der Waals surface area contributed by atoms with E-state index in [1.165, 1.54) is 12.1 Å². The number of alkyl carbamates (subject to hydrolysis) is 1. The van der Waals surface area contributed by atoms with Gasteiger partial charge in [0.05, 0.1) is 5.02 Å². The lowest BCUT2D eigenvalue weighted by molar-refractivity contribution is -0.137. The monoisotopic (exact) mass is 457 g/mol. The van der Waals surface area contributed by atoms with Crippen LogP contribution in [0, 0.1) is 12.8 Å². The van der Waals surface area contributed by atoms with E-state index < -0.39 is 29.3 Å². The zero-order chi connectivity index (χ0) is 22.8. The highest BCUT2D eigenvalue weighted by Gasteiger charge is 2.27. The van der Waals surface area contributed by atoms with E-state index in [9.17, 15) is 14.4 Å². The van der Waals surface area contributed by atoms with Crippen LogP contribution in [0.15, 0.2) is 21.3 Å². The van der Waals surface area contributed by atoms with Gasteiger partial charge >= 0.3 is 17.7 Å². The molecule has 0 bridgehead atoms. The van der Waals surface area contributed by atoms with Gasteiger partial charge < -0.3 is 19.2 Å². The minimum absolute atomic E-state index is 0.00113. The van der Waals surface area contributed by atoms with Gasteiger partial charge in [-0.05, 0) is 51.7 Å². The number of ether oxygens (including phenoxy) is 2. The van der Waals surface area contributed by atoms with Gasteiger partial charge in [0, 0.05) is 11.5 Å². The van der Waals surface area contributed by atoms with E-state index in [2.05, 4.69) is 5.32 Å². The summed E-state index contributed by atoms with van der Waals surface area (Å²) in [6.45, 7) is 10.6. The van der Waals surface area contributed by atoms with Crippen molar-refractivity contribution < 1.29 is 23.5 Å². The molecule has 1 N–H and O–H groups in total. The first-order valence-electron chi connectivity index (χ1n) is 9.42. The maximum absolute atomic E-state index is 12.8. The topological polar surface area (TPSA) is 94.8 Å². The van der Waals surface area contributed by atoms with Gasteiger partial charge in [0.1, 0.15) is 22.2 Å². The van der Waals surface area contributed by atoms with Crippen molar-refractivity contribution in [2.45, 2.75) is 59.6 Å². The summed E-state index contributed by atoms with van der Waals surface area (Å²) in [5, 5.41) is 3.15. The Morgan fingerprint density at radius 3 is 2.40 bits per heavy atom. The molecular formula is C21H25Cl2NO6. The van der Waals surface area contributed by atoms with Gasteiger partial charge in [-0.2, -0.15) is 0 Å². The van der Waals surface area contributed by atoms with Crippen molar-refractivity contribution in [3.8, 4) is 5.75 Å². The SMILES string of the molecule is Cc1c(Cl)c(=O)oc2cc(OC(=O)[C@H](CC(C)C)NC(=O)OC(C)(C)C)c(Cl)cc12. The predicted octanol–water partition coefficient (Wildman–Crippen LogP) is 5.25. The van der Waals surface area contributed by atoms with Crippen LogP contribution in [0.25, 0.3) is 11.0 Å². The molecule has 30 heavy (non-hydrogen) atoms. The summed E-state index contributed by atoms with van der Waals surface area (Å²) in [6, 6.07) is 1.90. The molecule has 2 rings (SSSR count). The summed E-state index contributed by atoms with van der Waals surface area (Å²) in [4.78, 5) is 36.7. The molecule has 0 aliphatic heterocycles. The number of hydrogen-bond donors (Lipinski definition) is 1. The summed E-state index contributed by atoms with van der Waals surface area (Å²) >= 11 is 12.2. The Morgan fingerprint density at radius 2 is 1.83 bits per heavy atom. The zero-order valence-electron chi connectivity index (χ0n) is 17.7. The van der Waals surface area contributed by atoms with Crippen molar-refractivity contribution in [3.63, 3.8) is 0 Å². The molecular weight excluding hydrogens is 433 g/mol. The predicted molar refractivity (Wildman–Crippen MR) is 115 cm³/mol. The molecule has 164 valence electrons. The molecule has 0 aliphatic carbocycles. The lowest BCUT2D eigenvalue weighted by Crippen LogP contribution is -2.45. The quantitative estimate of drug-likeness (QED) is 0.374. The minimum atomic E-state index is -0.953. The first-order valence-corrected chi connectivity index (χ1v) is 10.2. The van der Waals surface area contributed by atoms with E-state index in [1.807, 2.05) is 13.8 Å². The fourth-order valence-corrected chi connectivity index (χ4v) is 3.06. The van der Waals surface area contributed by atoms with Crippen LogP contribution in [0.5, 0.6) is 5.75 Å². The molecule has 0 radical (unpaired) electrons. The molecule has 1 amide bonds. The Labute approximate surface area is 184 Å². The van der Waals surface area contributed by atoms with E-state index in [4.69, 9.17) is 37.1 Å². The third-order valence-corrected chi connectivity index (χ3v) is 4.78. The molecule has 2 aromatic rings. The second-order valence-electron chi connectivity index (χ2n) is 8.36. The van der Waals surface area contributed by atoms with Crippen LogP contribution in [0.2, 0.25) is 10.0 Å². The molecule has 0 unspecified atom stereocenters. The van der Waals surface area contributed by atoms with Crippen LogP contribution in [-0.2, 0) is 9.53 Å². The lowest BCUT2D eigenvalue weighted by Gasteiger charge is -2.23. The van der Waals surface area contributed by atoms with Crippen molar-refractivity contribution in [2.75, 3.05) is 0 Å². The first-order chi connectivity index (χ1) is 13.8. The first kappa shape index (κ1) is 24.0. The number of amides is 1. The summed E-state index contributed by atoms with van der Waals surface area (Å²) in [7, 11) is 0. The molecule has 0 spiro atoms. The van der Waals surface area contributed by atoms with E-state index in [-0.39, 0.29) is 27.3 Å². The van der Waals surface area contributed by atoms with E-state index in [0.29, 0.717) is 17.4 Å². The fraction of sp³-hybridized carbons (Fsp3) is 0.476. The van der Waals surface area contributed by atoms with Gasteiger partial charge in [0.2, 0.25) is 0 Å². The Balaban J connectivity index is 2.31. The standard InChI is InChI=1S/C21H25Cl2NO6/c1-10(2)7-14(24-20(27)30-21(4,5)6)18(25)29-16-9-15-12(8-13(16)22)11(3)17(23)19(26)28-15/h8-10,14H,7H2,1-6H3,(H,24,27)/t14-/m0/s1. The molecule has 7 nitrogen and oxygen atoms in total. The number of nitrogens with one attached hydrogen (secondary N) is 1. The molecule has 9 heteroatoms. The van der Waals surface area contributed by atoms with Crippen LogP contribution in [-0.4, -0.2) is 23.7 Å². The summed E-state index contributed by atoms with van der Waals surface area (Å²) in [6.07, 6.45) is -0.404. The number of aryl methyl sites for hydroxylation is 1. The molecule has 1 aromatic heterocycles. The second-order valence-corrected chi connectivity index (χ2v) is 9.14.